The molecule has 0 spiro atoms. The molecule has 0 aliphatic rings. The van der Waals surface area contributed by atoms with Crippen LogP contribution in [0.3, 0.4) is 0 Å². The van der Waals surface area contributed by atoms with Gasteiger partial charge in [-0.25, -0.2) is 8.78 Å². The summed E-state index contributed by atoms with van der Waals surface area (Å²) >= 11 is 0. The maximum Gasteiger partial charge on any atom is 0.673 e. The zero-order valence-corrected chi connectivity index (χ0v) is 12.7. The lowest BCUT2D eigenvalue weighted by atomic mass is 10.3. The van der Waals surface area contributed by atoms with Gasteiger partial charge in [0, 0.05) is 7.11 Å². The topological polar surface area (TPSA) is 9.23 Å². The first-order valence-corrected chi connectivity index (χ1v) is 6.17. The highest BCUT2D eigenvalue weighted by Gasteiger charge is 2.40. The van der Waals surface area contributed by atoms with E-state index in [9.17, 15) is 39.2 Å². The van der Waals surface area contributed by atoms with E-state index in [-0.39, 0.29) is 0 Å². The summed E-state index contributed by atoms with van der Waals surface area (Å²) in [4.78, 5) is 0. The normalized spacial score (nSPS) is 12.3. The third-order valence-electron chi connectivity index (χ3n) is 2.61. The van der Waals surface area contributed by atoms with E-state index < -0.39 is 19.9 Å². The molecule has 0 fully saturated rings. The van der Waals surface area contributed by atoms with Gasteiger partial charge >= 0.3 is 19.9 Å². The summed E-state index contributed by atoms with van der Waals surface area (Å²) in [6.45, 7) is 8.83. The smallest absolute Gasteiger partial charge is 0.418 e. The number of ether oxygens (including phenoxy) is 1. The van der Waals surface area contributed by atoms with Crippen molar-refractivity contribution in [3.63, 3.8) is 0 Å². The van der Waals surface area contributed by atoms with Crippen LogP contribution in [0.4, 0.5) is 39.2 Å². The molecule has 0 unspecified atom stereocenters. The predicted molar refractivity (Wildman–Crippen MR) is 66.3 cm³/mol. The second kappa shape index (κ2) is 11.9. The molecule has 0 aromatic heterocycles. The molecule has 0 N–H and O–H groups in total. The predicted octanol–water partition coefficient (Wildman–Crippen LogP) is 4.23. The van der Waals surface area contributed by atoms with Crippen LogP contribution >= 0.6 is 0 Å². The van der Waals surface area contributed by atoms with Crippen molar-refractivity contribution >= 4 is 7.25 Å². The Morgan fingerprint density at radius 1 is 1.00 bits per heavy atom. The second-order valence-corrected chi connectivity index (χ2v) is 4.31. The summed E-state index contributed by atoms with van der Waals surface area (Å²) in [7, 11) is -1.98. The van der Waals surface area contributed by atoms with Gasteiger partial charge in [0.15, 0.2) is 0 Å². The number of quaternary nitrogens is 1. The number of alkyl halides is 5. The number of halogens is 9. The molecule has 0 aliphatic carbocycles. The van der Waals surface area contributed by atoms with E-state index in [0.29, 0.717) is 0 Å². The minimum absolute atomic E-state index is 0.873. The van der Waals surface area contributed by atoms with Gasteiger partial charge in [-0.05, 0) is 13.8 Å². The van der Waals surface area contributed by atoms with E-state index in [4.69, 9.17) is 4.74 Å². The van der Waals surface area contributed by atoms with Crippen molar-refractivity contribution in [3.8, 4) is 0 Å². The van der Waals surface area contributed by atoms with Crippen LogP contribution in [0.15, 0.2) is 0 Å². The van der Waals surface area contributed by atoms with Gasteiger partial charge in [-0.1, -0.05) is 0 Å². The summed E-state index contributed by atoms with van der Waals surface area (Å²) in [5, 5.41) is 0. The van der Waals surface area contributed by atoms with Crippen LogP contribution in [0.5, 0.6) is 0 Å². The number of rotatable bonds is 5. The maximum absolute atomic E-state index is 10.4. The lowest BCUT2D eigenvalue weighted by molar-refractivity contribution is -0.906. The summed E-state index contributed by atoms with van der Waals surface area (Å²) in [5.41, 5.74) is 0. The Morgan fingerprint density at radius 3 is 1.41 bits per heavy atom. The quantitative estimate of drug-likeness (QED) is 0.408. The molecule has 22 heavy (non-hydrogen) atoms. The highest BCUT2D eigenvalue weighted by Crippen LogP contribution is 2.22. The van der Waals surface area contributed by atoms with E-state index >= 15 is 0 Å². The van der Waals surface area contributed by atoms with Crippen LogP contribution in [0, 0.1) is 0 Å². The van der Waals surface area contributed by atoms with E-state index in [1.165, 1.54) is 13.1 Å². The van der Waals surface area contributed by atoms with Crippen molar-refractivity contribution in [2.24, 2.45) is 0 Å². The van der Waals surface area contributed by atoms with Crippen molar-refractivity contribution in [2.45, 2.75) is 26.4 Å². The highest BCUT2D eigenvalue weighted by atomic mass is 19.5. The van der Waals surface area contributed by atoms with Gasteiger partial charge in [-0.3, -0.25) is 0 Å². The molecule has 0 saturated heterocycles. The fourth-order valence-corrected chi connectivity index (χ4v) is 0.852. The summed E-state index contributed by atoms with van der Waals surface area (Å²) < 4.78 is 97.3. The monoisotopic (exact) mass is 353 g/mol. The molecule has 0 aromatic rings. The Labute approximate surface area is 123 Å². The summed E-state index contributed by atoms with van der Waals surface area (Å²) in [5.74, 6) is 0. The first-order valence-electron chi connectivity index (χ1n) is 6.17. The molecule has 0 saturated carbocycles. The van der Waals surface area contributed by atoms with Crippen LogP contribution in [-0.4, -0.2) is 64.7 Å². The van der Waals surface area contributed by atoms with Gasteiger partial charge in [-0.15, -0.1) is 0 Å². The molecule has 0 aliphatic heterocycles. The molecule has 0 heterocycles. The molecule has 0 atom stereocenters. The molecule has 0 radical (unpaired) electrons. The number of hydrogen-bond acceptors (Lipinski definition) is 1. The minimum Gasteiger partial charge on any atom is -0.418 e. The zero-order valence-electron chi connectivity index (χ0n) is 12.7. The molecule has 138 valence electrons. The van der Waals surface area contributed by atoms with Crippen molar-refractivity contribution in [1.29, 1.82) is 0 Å². The van der Waals surface area contributed by atoms with Gasteiger partial charge in [0.05, 0.1) is 26.7 Å². The van der Waals surface area contributed by atoms with E-state index in [2.05, 4.69) is 20.9 Å². The van der Waals surface area contributed by atoms with Gasteiger partial charge in [0.1, 0.15) is 6.54 Å². The summed E-state index contributed by atoms with van der Waals surface area (Å²) in [6.07, 6.45) is -9.53. The van der Waals surface area contributed by atoms with Crippen LogP contribution in [-0.2, 0) is 4.74 Å². The van der Waals surface area contributed by atoms with Crippen molar-refractivity contribution in [1.82, 2.24) is 0 Å². The lowest BCUT2D eigenvalue weighted by Gasteiger charge is -2.31. The first kappa shape index (κ1) is 26.3. The van der Waals surface area contributed by atoms with Crippen LogP contribution in [0.2, 0.25) is 0 Å². The maximum atomic E-state index is 10.4. The Hall–Kier alpha value is -0.645. The molecule has 2 nitrogen and oxygen atoms in total. The highest BCUT2D eigenvalue weighted by molar-refractivity contribution is 6.50. The minimum atomic E-state index is -6.00. The number of hydrogen-bond donors (Lipinski definition) is 0. The fourth-order valence-electron chi connectivity index (χ4n) is 0.852. The number of likely N-dealkylation sites (N-methyl/N-ethyl adjacent to an activating group) is 1. The Balaban J connectivity index is -0.000000263. The van der Waals surface area contributed by atoms with Crippen molar-refractivity contribution in [3.05, 3.63) is 0 Å². The molecular formula is C10H21BF9NO. The SMILES string of the molecule is CC[N+](C)(CC)CCOC.FC(F)C(F)(F)F.F[B-](F)(F)F. The Kier molecular flexibility index (Phi) is 14.2. The molecule has 0 rings (SSSR count). The average Bonchev–Trinajstić information content (AvgIpc) is 2.33. The largest absolute Gasteiger partial charge is 0.673 e. The number of methoxy groups -OCH3 is 1. The fraction of sp³-hybridized carbons (Fsp3) is 1.00. The Morgan fingerprint density at radius 2 is 1.27 bits per heavy atom. The molecule has 0 amide bonds. The second-order valence-electron chi connectivity index (χ2n) is 4.31. The number of nitrogens with zero attached hydrogens (tertiary/aromatic N) is 1. The molecular weight excluding hydrogens is 332 g/mol. The van der Waals surface area contributed by atoms with Crippen molar-refractivity contribution in [2.75, 3.05) is 40.4 Å². The third-order valence-corrected chi connectivity index (χ3v) is 2.61. The van der Waals surface area contributed by atoms with Crippen LogP contribution in [0.1, 0.15) is 13.8 Å². The zero-order chi connectivity index (χ0) is 18.6. The van der Waals surface area contributed by atoms with Gasteiger partial charge in [0.25, 0.3) is 0 Å². The van der Waals surface area contributed by atoms with Crippen molar-refractivity contribution < 1.29 is 48.4 Å². The molecule has 12 heteroatoms. The standard InChI is InChI=1S/C8H20NO.C2HF5.BF4/c1-5-9(3,6-2)7-8-10-4;3-1(4)2(5,6)7;2-1(3,4)5/h5-8H2,1-4H3;1H;/q+1;;-1. The van der Waals surface area contributed by atoms with Crippen LogP contribution in [0.25, 0.3) is 0 Å². The molecule has 0 aromatic carbocycles. The van der Waals surface area contributed by atoms with Gasteiger partial charge in [-0.2, -0.15) is 13.2 Å². The van der Waals surface area contributed by atoms with E-state index in [0.717, 1.165) is 17.6 Å². The van der Waals surface area contributed by atoms with Crippen LogP contribution < -0.4 is 0 Å². The average molecular weight is 353 g/mol. The van der Waals surface area contributed by atoms with Gasteiger partial charge < -0.3 is 26.5 Å². The van der Waals surface area contributed by atoms with E-state index in [1.54, 1.807) is 7.11 Å². The Bertz CT molecular complexity index is 248. The lowest BCUT2D eigenvalue weighted by Crippen LogP contribution is -2.45. The van der Waals surface area contributed by atoms with E-state index in [1.807, 2.05) is 0 Å². The van der Waals surface area contributed by atoms with Gasteiger partial charge in [0.2, 0.25) is 0 Å². The third kappa shape index (κ3) is 24.4. The molecule has 0 bridgehead atoms. The first-order chi connectivity index (χ1) is 9.63. The summed E-state index contributed by atoms with van der Waals surface area (Å²) in [6, 6.07) is 0.